The third kappa shape index (κ3) is 5.12. The molecule has 0 spiro atoms. The quantitative estimate of drug-likeness (QED) is 0.671. The van der Waals surface area contributed by atoms with Crippen LogP contribution < -0.4 is 5.32 Å². The summed E-state index contributed by atoms with van der Waals surface area (Å²) in [6.07, 6.45) is -9.88. The lowest BCUT2D eigenvalue weighted by molar-refractivity contribution is -0.143. The van der Waals surface area contributed by atoms with Crippen LogP contribution in [0.25, 0.3) is 5.57 Å². The predicted octanol–water partition coefficient (Wildman–Crippen LogP) is 5.69. The van der Waals surface area contributed by atoms with Gasteiger partial charge in [-0.05, 0) is 42.3 Å². The van der Waals surface area contributed by atoms with Crippen molar-refractivity contribution in [1.29, 1.82) is 0 Å². The molecule has 1 amide bonds. The maximum Gasteiger partial charge on any atom is 0.416 e. The van der Waals surface area contributed by atoms with Crippen molar-refractivity contribution in [2.45, 2.75) is 25.8 Å². The highest BCUT2D eigenvalue weighted by Gasteiger charge is 2.36. The maximum atomic E-state index is 12.9. The van der Waals surface area contributed by atoms with Gasteiger partial charge in [0.2, 0.25) is 0 Å². The standard InChI is InChI=1S/C19H15F6NO/c1-11(2)15-5-3-4-6-16(15)17(27)26-10-12-7-13(18(20,21)22)9-14(8-12)19(23,24)25/h3-9H,1,10H2,2H3,(H,26,27). The molecule has 0 bridgehead atoms. The van der Waals surface area contributed by atoms with E-state index in [9.17, 15) is 31.1 Å². The number of rotatable bonds is 4. The lowest BCUT2D eigenvalue weighted by Crippen LogP contribution is -2.24. The van der Waals surface area contributed by atoms with Gasteiger partial charge in [-0.25, -0.2) is 0 Å². The molecule has 0 aliphatic rings. The first kappa shape index (κ1) is 20.5. The number of alkyl halides is 6. The van der Waals surface area contributed by atoms with Gasteiger partial charge in [0.1, 0.15) is 0 Å². The van der Waals surface area contributed by atoms with Gasteiger partial charge in [-0.3, -0.25) is 4.79 Å². The molecule has 0 unspecified atom stereocenters. The molecular formula is C19H15F6NO. The van der Waals surface area contributed by atoms with Gasteiger partial charge in [0.05, 0.1) is 11.1 Å². The molecule has 0 heterocycles. The van der Waals surface area contributed by atoms with Gasteiger partial charge in [0.25, 0.3) is 5.91 Å². The Morgan fingerprint density at radius 2 is 1.41 bits per heavy atom. The molecule has 2 nitrogen and oxygen atoms in total. The summed E-state index contributed by atoms with van der Waals surface area (Å²) in [7, 11) is 0. The lowest BCUT2D eigenvalue weighted by Gasteiger charge is -2.15. The van der Waals surface area contributed by atoms with E-state index in [1.807, 2.05) is 0 Å². The first-order valence-corrected chi connectivity index (χ1v) is 7.71. The van der Waals surface area contributed by atoms with Crippen molar-refractivity contribution in [3.8, 4) is 0 Å². The number of hydrogen-bond acceptors (Lipinski definition) is 1. The number of benzene rings is 2. The Hall–Kier alpha value is -2.77. The van der Waals surface area contributed by atoms with E-state index in [0.717, 1.165) is 0 Å². The van der Waals surface area contributed by atoms with E-state index >= 15 is 0 Å². The second-order valence-corrected chi connectivity index (χ2v) is 5.92. The van der Waals surface area contributed by atoms with E-state index in [1.165, 1.54) is 6.07 Å². The van der Waals surface area contributed by atoms with E-state index in [2.05, 4.69) is 11.9 Å². The van der Waals surface area contributed by atoms with Crippen molar-refractivity contribution in [2.75, 3.05) is 0 Å². The van der Waals surface area contributed by atoms with Crippen molar-refractivity contribution in [3.05, 3.63) is 76.9 Å². The zero-order chi connectivity index (χ0) is 20.4. The van der Waals surface area contributed by atoms with Gasteiger partial charge >= 0.3 is 12.4 Å². The van der Waals surface area contributed by atoms with Crippen molar-refractivity contribution in [3.63, 3.8) is 0 Å². The van der Waals surface area contributed by atoms with Crippen molar-refractivity contribution < 1.29 is 31.1 Å². The average molecular weight is 387 g/mol. The molecule has 0 saturated carbocycles. The minimum Gasteiger partial charge on any atom is -0.348 e. The molecule has 144 valence electrons. The van der Waals surface area contributed by atoms with Gasteiger partial charge in [0, 0.05) is 12.1 Å². The van der Waals surface area contributed by atoms with E-state index < -0.39 is 35.9 Å². The fourth-order valence-electron chi connectivity index (χ4n) is 2.45. The summed E-state index contributed by atoms with van der Waals surface area (Å²) < 4.78 is 77.3. The van der Waals surface area contributed by atoms with Crippen LogP contribution in [0, 0.1) is 0 Å². The van der Waals surface area contributed by atoms with Crippen LogP contribution in [0.2, 0.25) is 0 Å². The summed E-state index contributed by atoms with van der Waals surface area (Å²) in [4.78, 5) is 12.3. The van der Waals surface area contributed by atoms with Crippen LogP contribution in [0.1, 0.15) is 39.5 Å². The van der Waals surface area contributed by atoms with Gasteiger partial charge in [-0.15, -0.1) is 0 Å². The molecule has 2 rings (SSSR count). The molecule has 0 aliphatic carbocycles. The SMILES string of the molecule is C=C(C)c1ccccc1C(=O)NCc1cc(C(F)(F)F)cc(C(F)(F)F)c1. The molecule has 0 aromatic heterocycles. The van der Waals surface area contributed by atoms with Crippen molar-refractivity contribution in [2.24, 2.45) is 0 Å². The highest BCUT2D eigenvalue weighted by Crippen LogP contribution is 2.36. The van der Waals surface area contributed by atoms with Crippen LogP contribution in [-0.2, 0) is 18.9 Å². The van der Waals surface area contributed by atoms with Crippen LogP contribution in [-0.4, -0.2) is 5.91 Å². The topological polar surface area (TPSA) is 29.1 Å². The normalized spacial score (nSPS) is 12.0. The van der Waals surface area contributed by atoms with Crippen molar-refractivity contribution in [1.82, 2.24) is 5.32 Å². The lowest BCUT2D eigenvalue weighted by atomic mass is 10.0. The highest BCUT2D eigenvalue weighted by molar-refractivity contribution is 5.98. The van der Waals surface area contributed by atoms with Gasteiger partial charge < -0.3 is 5.32 Å². The van der Waals surface area contributed by atoms with Crippen LogP contribution in [0.3, 0.4) is 0 Å². The Bertz CT molecular complexity index is 835. The molecule has 0 fully saturated rings. The summed E-state index contributed by atoms with van der Waals surface area (Å²) in [5.74, 6) is -0.625. The first-order chi connectivity index (χ1) is 12.4. The molecule has 0 saturated heterocycles. The first-order valence-electron chi connectivity index (χ1n) is 7.71. The van der Waals surface area contributed by atoms with E-state index in [0.29, 0.717) is 23.3 Å². The summed E-state index contributed by atoms with van der Waals surface area (Å²) in [6, 6.07) is 7.62. The Morgan fingerprint density at radius 3 is 1.85 bits per heavy atom. The third-order valence-electron chi connectivity index (χ3n) is 3.73. The predicted molar refractivity (Wildman–Crippen MR) is 88.8 cm³/mol. The summed E-state index contributed by atoms with van der Waals surface area (Å²) in [5, 5.41) is 2.35. The number of carbonyl (C=O) groups is 1. The van der Waals surface area contributed by atoms with E-state index in [-0.39, 0.29) is 17.2 Å². The summed E-state index contributed by atoms with van der Waals surface area (Å²) in [5.41, 5.74) is -1.80. The highest BCUT2D eigenvalue weighted by atomic mass is 19.4. The molecule has 8 heteroatoms. The van der Waals surface area contributed by atoms with E-state index in [1.54, 1.807) is 25.1 Å². The number of halogens is 6. The maximum absolute atomic E-state index is 12.9. The number of hydrogen-bond donors (Lipinski definition) is 1. The monoisotopic (exact) mass is 387 g/mol. The average Bonchev–Trinajstić information content (AvgIpc) is 2.57. The molecule has 2 aromatic carbocycles. The number of carbonyl (C=O) groups excluding carboxylic acids is 1. The summed E-state index contributed by atoms with van der Waals surface area (Å²) >= 11 is 0. The fraction of sp³-hybridized carbons (Fsp3) is 0.211. The zero-order valence-corrected chi connectivity index (χ0v) is 14.1. The van der Waals surface area contributed by atoms with Gasteiger partial charge in [-0.1, -0.05) is 30.4 Å². The minimum absolute atomic E-state index is 0.0433. The van der Waals surface area contributed by atoms with Crippen LogP contribution in [0.15, 0.2) is 49.0 Å². The van der Waals surface area contributed by atoms with Crippen molar-refractivity contribution >= 4 is 11.5 Å². The minimum atomic E-state index is -4.94. The Morgan fingerprint density at radius 1 is 0.926 bits per heavy atom. The molecule has 1 N–H and O–H groups in total. The third-order valence-corrected chi connectivity index (χ3v) is 3.73. The fourth-order valence-corrected chi connectivity index (χ4v) is 2.45. The second kappa shape index (κ2) is 7.46. The smallest absolute Gasteiger partial charge is 0.348 e. The molecule has 2 aromatic rings. The molecule has 27 heavy (non-hydrogen) atoms. The number of nitrogens with one attached hydrogen (secondary N) is 1. The van der Waals surface area contributed by atoms with Crippen LogP contribution >= 0.6 is 0 Å². The molecule has 0 atom stereocenters. The van der Waals surface area contributed by atoms with E-state index in [4.69, 9.17) is 0 Å². The Labute approximate surface area is 151 Å². The van der Waals surface area contributed by atoms with Gasteiger partial charge in [-0.2, -0.15) is 26.3 Å². The molecule has 0 aliphatic heterocycles. The number of amides is 1. The summed E-state index contributed by atoms with van der Waals surface area (Å²) in [6.45, 7) is 4.92. The Balaban J connectivity index is 2.30. The van der Waals surface area contributed by atoms with Gasteiger partial charge in [0.15, 0.2) is 0 Å². The second-order valence-electron chi connectivity index (χ2n) is 5.92. The zero-order valence-electron chi connectivity index (χ0n) is 14.1. The largest absolute Gasteiger partial charge is 0.416 e. The van der Waals surface area contributed by atoms with Crippen LogP contribution in [0.4, 0.5) is 26.3 Å². The number of allylic oxidation sites excluding steroid dienone is 1. The molecule has 0 radical (unpaired) electrons. The van der Waals surface area contributed by atoms with Crippen LogP contribution in [0.5, 0.6) is 0 Å². The molecular weight excluding hydrogens is 372 g/mol. The Kier molecular flexibility index (Phi) is 5.67.